The van der Waals surface area contributed by atoms with E-state index >= 15 is 0 Å². The van der Waals surface area contributed by atoms with Crippen LogP contribution in [0.25, 0.3) is 33.4 Å². The molecule has 8 nitrogen and oxygen atoms in total. The summed E-state index contributed by atoms with van der Waals surface area (Å²) in [6.07, 6.45) is 0.919. The number of nitrogens with zero attached hydrogens (tertiary/aromatic N) is 2. The van der Waals surface area contributed by atoms with Gasteiger partial charge in [-0.15, -0.1) is 0 Å². The molecule has 0 unspecified atom stereocenters. The number of carbonyl (C=O) groups excluding carboxylic acids is 2. The molecule has 0 fully saturated rings. The molecule has 4 aromatic carbocycles. The number of aromatic nitrogens is 2. The van der Waals surface area contributed by atoms with Crippen molar-refractivity contribution in [3.63, 3.8) is 0 Å². The van der Waals surface area contributed by atoms with Gasteiger partial charge in [-0.2, -0.15) is 4.98 Å². The van der Waals surface area contributed by atoms with Crippen molar-refractivity contribution in [1.29, 1.82) is 0 Å². The van der Waals surface area contributed by atoms with Gasteiger partial charge in [-0.25, -0.2) is 4.98 Å². The van der Waals surface area contributed by atoms with Gasteiger partial charge in [0.1, 0.15) is 18.1 Å². The predicted molar refractivity (Wildman–Crippen MR) is 164 cm³/mol. The summed E-state index contributed by atoms with van der Waals surface area (Å²) < 4.78 is 22.3. The van der Waals surface area contributed by atoms with Crippen molar-refractivity contribution < 1.29 is 28.5 Å². The summed E-state index contributed by atoms with van der Waals surface area (Å²) in [5.74, 6) is 1.49. The number of benzene rings is 4. The monoisotopic (exact) mass is 576 g/mol. The van der Waals surface area contributed by atoms with Crippen LogP contribution in [0.2, 0.25) is 0 Å². The Morgan fingerprint density at radius 3 is 2.35 bits per heavy atom. The summed E-state index contributed by atoms with van der Waals surface area (Å²) in [4.78, 5) is 32.7. The van der Waals surface area contributed by atoms with Crippen molar-refractivity contribution in [2.45, 2.75) is 33.3 Å². The van der Waals surface area contributed by atoms with Gasteiger partial charge in [0, 0.05) is 36.1 Å². The number of carbonyl (C=O) groups is 2. The molecule has 218 valence electrons. The second-order valence-electron chi connectivity index (χ2n) is 9.75. The SMILES string of the molecule is CCOC(=O)CCCOc1ccc2cc(-c3nc(OCc4ccccc4OC(C)=O)cc(-c4ccccc4)n3)ccc2c1. The number of ether oxygens (including phenoxy) is 4. The van der Waals surface area contributed by atoms with E-state index < -0.39 is 5.97 Å². The summed E-state index contributed by atoms with van der Waals surface area (Å²) in [5, 5.41) is 2.01. The molecule has 0 saturated heterocycles. The van der Waals surface area contributed by atoms with E-state index in [1.54, 1.807) is 25.1 Å². The molecule has 43 heavy (non-hydrogen) atoms. The quantitative estimate of drug-likeness (QED) is 0.0875. The van der Waals surface area contributed by atoms with Crippen molar-refractivity contribution in [2.24, 2.45) is 0 Å². The molecule has 0 bridgehead atoms. The topological polar surface area (TPSA) is 96.8 Å². The first-order valence-corrected chi connectivity index (χ1v) is 14.1. The third-order valence-corrected chi connectivity index (χ3v) is 6.54. The van der Waals surface area contributed by atoms with Crippen LogP contribution in [0.3, 0.4) is 0 Å². The van der Waals surface area contributed by atoms with Gasteiger partial charge in [-0.1, -0.05) is 66.7 Å². The first-order chi connectivity index (χ1) is 21.0. The molecule has 5 rings (SSSR count). The van der Waals surface area contributed by atoms with Gasteiger partial charge in [0.25, 0.3) is 0 Å². The Hall–Kier alpha value is -5.24. The Kier molecular flexibility index (Phi) is 9.59. The van der Waals surface area contributed by atoms with Crippen molar-refractivity contribution >= 4 is 22.7 Å². The summed E-state index contributed by atoms with van der Waals surface area (Å²) in [5.41, 5.74) is 3.21. The third kappa shape index (κ3) is 7.95. The van der Waals surface area contributed by atoms with E-state index in [2.05, 4.69) is 0 Å². The zero-order valence-corrected chi connectivity index (χ0v) is 24.1. The number of rotatable bonds is 12. The van der Waals surface area contributed by atoms with Crippen LogP contribution in [0, 0.1) is 0 Å². The average Bonchev–Trinajstić information content (AvgIpc) is 3.02. The Bertz CT molecular complexity index is 1720. The van der Waals surface area contributed by atoms with E-state index in [4.69, 9.17) is 28.9 Å². The van der Waals surface area contributed by atoms with E-state index in [0.29, 0.717) is 43.5 Å². The van der Waals surface area contributed by atoms with Crippen LogP contribution >= 0.6 is 0 Å². The van der Waals surface area contributed by atoms with Crippen molar-refractivity contribution in [1.82, 2.24) is 9.97 Å². The molecule has 8 heteroatoms. The molecule has 0 saturated carbocycles. The van der Waals surface area contributed by atoms with Gasteiger partial charge >= 0.3 is 11.9 Å². The van der Waals surface area contributed by atoms with E-state index in [-0.39, 0.29) is 12.6 Å². The fraction of sp³-hybridized carbons (Fsp3) is 0.200. The van der Waals surface area contributed by atoms with E-state index in [1.807, 2.05) is 78.9 Å². The average molecular weight is 577 g/mol. The van der Waals surface area contributed by atoms with Crippen LogP contribution in [0.15, 0.2) is 97.1 Å². The van der Waals surface area contributed by atoms with Gasteiger partial charge in [0.05, 0.1) is 18.9 Å². The molecule has 1 heterocycles. The van der Waals surface area contributed by atoms with E-state index in [9.17, 15) is 9.59 Å². The van der Waals surface area contributed by atoms with Crippen LogP contribution in [-0.4, -0.2) is 35.1 Å². The molecule has 1 aromatic heterocycles. The molecule has 0 aliphatic carbocycles. The second kappa shape index (κ2) is 14.1. The van der Waals surface area contributed by atoms with Crippen LogP contribution < -0.4 is 14.2 Å². The highest BCUT2D eigenvalue weighted by molar-refractivity contribution is 5.87. The van der Waals surface area contributed by atoms with Gasteiger partial charge in [0.15, 0.2) is 5.82 Å². The van der Waals surface area contributed by atoms with Crippen molar-refractivity contribution in [2.75, 3.05) is 13.2 Å². The van der Waals surface area contributed by atoms with Crippen LogP contribution in [0.4, 0.5) is 0 Å². The summed E-state index contributed by atoms with van der Waals surface area (Å²) >= 11 is 0. The third-order valence-electron chi connectivity index (χ3n) is 6.54. The second-order valence-corrected chi connectivity index (χ2v) is 9.75. The maximum absolute atomic E-state index is 11.5. The lowest BCUT2D eigenvalue weighted by molar-refractivity contribution is -0.143. The summed E-state index contributed by atoms with van der Waals surface area (Å²) in [6.45, 7) is 4.13. The van der Waals surface area contributed by atoms with Crippen LogP contribution in [0.5, 0.6) is 17.4 Å². The summed E-state index contributed by atoms with van der Waals surface area (Å²) in [7, 11) is 0. The van der Waals surface area contributed by atoms with Gasteiger partial charge in [-0.05, 0) is 48.4 Å². The van der Waals surface area contributed by atoms with E-state index in [1.165, 1.54) is 6.92 Å². The maximum Gasteiger partial charge on any atom is 0.308 e. The minimum Gasteiger partial charge on any atom is -0.494 e. The molecule has 0 aliphatic rings. The molecule has 0 N–H and O–H groups in total. The van der Waals surface area contributed by atoms with Crippen LogP contribution in [0.1, 0.15) is 32.3 Å². The summed E-state index contributed by atoms with van der Waals surface area (Å²) in [6, 6.07) is 30.8. The predicted octanol–water partition coefficient (Wildman–Crippen LogP) is 7.19. The minimum atomic E-state index is -0.396. The molecular formula is C35H32N2O6. The number of hydrogen-bond donors (Lipinski definition) is 0. The fourth-order valence-electron chi connectivity index (χ4n) is 4.51. The first-order valence-electron chi connectivity index (χ1n) is 14.1. The normalized spacial score (nSPS) is 10.7. The molecular weight excluding hydrogens is 544 g/mol. The Morgan fingerprint density at radius 2 is 1.53 bits per heavy atom. The molecule has 0 aliphatic heterocycles. The van der Waals surface area contributed by atoms with Crippen molar-refractivity contribution in [3.8, 4) is 40.0 Å². The van der Waals surface area contributed by atoms with E-state index in [0.717, 1.165) is 38.9 Å². The fourth-order valence-corrected chi connectivity index (χ4v) is 4.51. The number of hydrogen-bond acceptors (Lipinski definition) is 8. The Morgan fingerprint density at radius 1 is 0.767 bits per heavy atom. The lowest BCUT2D eigenvalue weighted by Crippen LogP contribution is -2.06. The molecule has 0 atom stereocenters. The van der Waals surface area contributed by atoms with Crippen molar-refractivity contribution in [3.05, 3.63) is 103 Å². The van der Waals surface area contributed by atoms with Crippen LogP contribution in [-0.2, 0) is 20.9 Å². The van der Waals surface area contributed by atoms with Gasteiger partial charge in [0.2, 0.25) is 5.88 Å². The molecule has 5 aromatic rings. The lowest BCUT2D eigenvalue weighted by Gasteiger charge is -2.13. The Balaban J connectivity index is 1.38. The van der Waals surface area contributed by atoms with Gasteiger partial charge < -0.3 is 18.9 Å². The number of esters is 2. The molecule has 0 amide bonds. The minimum absolute atomic E-state index is 0.161. The maximum atomic E-state index is 11.5. The highest BCUT2D eigenvalue weighted by Gasteiger charge is 2.13. The number of para-hydroxylation sites is 1. The molecule has 0 radical (unpaired) electrons. The standard InChI is InChI=1S/C35H32N2O6/c1-3-40-34(39)14-9-19-41-30-18-17-26-20-28(16-15-27(26)21-30)35-36-31(25-10-5-4-6-11-25)22-33(37-35)42-23-29-12-7-8-13-32(29)43-24(2)38/h4-8,10-13,15-18,20-22H,3,9,14,19,23H2,1-2H3. The zero-order chi connectivity index (χ0) is 30.0. The molecule has 0 spiro atoms. The Labute approximate surface area is 250 Å². The largest absolute Gasteiger partial charge is 0.494 e. The highest BCUT2D eigenvalue weighted by atomic mass is 16.5. The number of fused-ring (bicyclic) bond motifs is 1. The lowest BCUT2D eigenvalue weighted by atomic mass is 10.1. The highest BCUT2D eigenvalue weighted by Crippen LogP contribution is 2.30. The van der Waals surface area contributed by atoms with Gasteiger partial charge in [-0.3, -0.25) is 9.59 Å². The zero-order valence-electron chi connectivity index (χ0n) is 24.1. The smallest absolute Gasteiger partial charge is 0.308 e. The first kappa shape index (κ1) is 29.3.